The van der Waals surface area contributed by atoms with Crippen molar-refractivity contribution in [3.8, 4) is 11.3 Å². The summed E-state index contributed by atoms with van der Waals surface area (Å²) in [4.78, 5) is 27.5. The molecule has 1 N–H and O–H groups in total. The molecule has 0 radical (unpaired) electrons. The fourth-order valence-corrected chi connectivity index (χ4v) is 4.74. The Morgan fingerprint density at radius 1 is 1.03 bits per heavy atom. The summed E-state index contributed by atoms with van der Waals surface area (Å²) in [6, 6.07) is 20.7. The third kappa shape index (κ3) is 3.63. The Kier molecular flexibility index (Phi) is 4.90. The lowest BCUT2D eigenvalue weighted by molar-refractivity contribution is -0.123. The number of nitrogens with one attached hydrogen (secondary N) is 1. The van der Waals surface area contributed by atoms with E-state index in [-0.39, 0.29) is 42.1 Å². The Balaban J connectivity index is 1.37. The number of rotatable bonds is 5. The predicted octanol–water partition coefficient (Wildman–Crippen LogP) is 5.01. The summed E-state index contributed by atoms with van der Waals surface area (Å²) >= 11 is 0. The largest absolute Gasteiger partial charge is 0.356 e. The molecule has 170 valence electrons. The maximum absolute atomic E-state index is 13.3. The summed E-state index contributed by atoms with van der Waals surface area (Å²) in [7, 11) is 0. The topological polar surface area (TPSA) is 75.4 Å². The van der Waals surface area contributed by atoms with Crippen LogP contribution in [0.4, 0.5) is 10.1 Å². The lowest BCUT2D eigenvalue weighted by Gasteiger charge is -2.29. The highest BCUT2D eigenvalue weighted by Gasteiger charge is 2.44. The summed E-state index contributed by atoms with van der Waals surface area (Å²) in [5.74, 6) is -0.291. The van der Waals surface area contributed by atoms with Crippen molar-refractivity contribution in [1.29, 1.82) is 0 Å². The van der Waals surface area contributed by atoms with Crippen LogP contribution in [0.5, 0.6) is 0 Å². The number of benzene rings is 3. The minimum absolute atomic E-state index is 0.0233. The van der Waals surface area contributed by atoms with Gasteiger partial charge in [0.05, 0.1) is 12.1 Å². The first-order valence-corrected chi connectivity index (χ1v) is 11.4. The fraction of sp³-hybridized carbons (Fsp3) is 0.222. The molecule has 6 rings (SSSR count). The van der Waals surface area contributed by atoms with Crippen molar-refractivity contribution in [2.75, 3.05) is 4.90 Å². The highest BCUT2D eigenvalue weighted by molar-refractivity contribution is 6.01. The zero-order chi connectivity index (χ0) is 23.2. The number of aromatic nitrogens is 1. The first-order valence-electron chi connectivity index (χ1n) is 11.4. The molecule has 0 spiro atoms. The smallest absolute Gasteiger partial charge is 0.229 e. The van der Waals surface area contributed by atoms with E-state index in [1.807, 2.05) is 42.5 Å². The van der Waals surface area contributed by atoms with Gasteiger partial charge in [-0.3, -0.25) is 9.59 Å². The molecular weight excluding hydrogens is 433 g/mol. The van der Waals surface area contributed by atoms with Crippen LogP contribution in [-0.4, -0.2) is 23.0 Å². The Hall–Kier alpha value is -4.00. The zero-order valence-electron chi connectivity index (χ0n) is 18.3. The third-order valence-electron chi connectivity index (χ3n) is 6.59. The van der Waals surface area contributed by atoms with E-state index in [1.54, 1.807) is 23.1 Å². The predicted molar refractivity (Wildman–Crippen MR) is 125 cm³/mol. The minimum Gasteiger partial charge on any atom is -0.356 e. The molecule has 2 unspecified atom stereocenters. The van der Waals surface area contributed by atoms with Gasteiger partial charge in [0.15, 0.2) is 5.58 Å². The van der Waals surface area contributed by atoms with Gasteiger partial charge in [0.1, 0.15) is 11.5 Å². The van der Waals surface area contributed by atoms with Crippen molar-refractivity contribution in [2.45, 2.75) is 31.3 Å². The number of carbonyl (C=O) groups is 2. The minimum atomic E-state index is -0.326. The normalized spacial score (nSPS) is 20.1. The maximum Gasteiger partial charge on any atom is 0.229 e. The second kappa shape index (κ2) is 8.09. The molecule has 2 heterocycles. The van der Waals surface area contributed by atoms with E-state index >= 15 is 0 Å². The third-order valence-corrected chi connectivity index (χ3v) is 6.59. The monoisotopic (exact) mass is 455 g/mol. The second-order valence-electron chi connectivity index (χ2n) is 8.93. The standard InChI is InChI=1S/C27H22FN3O3/c28-19-10-8-16(9-11-19)25-21-13-12-20(14-23(21)34-30-25)31-24(32)15-22(29-27(33)18-6-7-18)26(31)17-4-2-1-3-5-17/h1-5,8-14,18,22,26H,6-7,15H2,(H,29,33). The number of hydrogen-bond donors (Lipinski definition) is 1. The van der Waals surface area contributed by atoms with E-state index in [4.69, 9.17) is 4.52 Å². The van der Waals surface area contributed by atoms with Crippen LogP contribution in [0.25, 0.3) is 22.2 Å². The van der Waals surface area contributed by atoms with E-state index in [0.29, 0.717) is 17.0 Å². The number of nitrogens with zero attached hydrogens (tertiary/aromatic N) is 2. The lowest BCUT2D eigenvalue weighted by atomic mass is 9.99. The molecule has 34 heavy (non-hydrogen) atoms. The summed E-state index contributed by atoms with van der Waals surface area (Å²) in [5, 5.41) is 8.08. The molecule has 2 aliphatic rings. The van der Waals surface area contributed by atoms with Crippen molar-refractivity contribution in [3.63, 3.8) is 0 Å². The van der Waals surface area contributed by atoms with Crippen LogP contribution in [0.15, 0.2) is 77.3 Å². The van der Waals surface area contributed by atoms with Gasteiger partial charge in [-0.2, -0.15) is 0 Å². The molecule has 2 amide bonds. The molecule has 1 saturated heterocycles. The van der Waals surface area contributed by atoms with Gasteiger partial charge in [0.2, 0.25) is 11.8 Å². The molecule has 1 aliphatic carbocycles. The molecule has 3 aromatic carbocycles. The molecule has 4 aromatic rings. The van der Waals surface area contributed by atoms with E-state index < -0.39 is 0 Å². The number of hydrogen-bond acceptors (Lipinski definition) is 4. The zero-order valence-corrected chi connectivity index (χ0v) is 18.3. The molecule has 1 aromatic heterocycles. The molecular formula is C27H22FN3O3. The maximum atomic E-state index is 13.3. The molecule has 6 nitrogen and oxygen atoms in total. The van der Waals surface area contributed by atoms with Gasteiger partial charge in [-0.1, -0.05) is 35.5 Å². The van der Waals surface area contributed by atoms with Crippen LogP contribution in [0.3, 0.4) is 0 Å². The highest BCUT2D eigenvalue weighted by atomic mass is 19.1. The molecule has 2 fully saturated rings. The Morgan fingerprint density at radius 3 is 2.53 bits per heavy atom. The highest BCUT2D eigenvalue weighted by Crippen LogP contribution is 2.40. The Morgan fingerprint density at radius 2 is 1.79 bits per heavy atom. The van der Waals surface area contributed by atoms with Gasteiger partial charge in [0.25, 0.3) is 0 Å². The molecule has 0 bridgehead atoms. The van der Waals surface area contributed by atoms with E-state index in [1.165, 1.54) is 12.1 Å². The molecule has 1 saturated carbocycles. The molecule has 7 heteroatoms. The Labute approximate surface area is 195 Å². The van der Waals surface area contributed by atoms with E-state index in [2.05, 4.69) is 10.5 Å². The van der Waals surface area contributed by atoms with Crippen LogP contribution in [-0.2, 0) is 9.59 Å². The van der Waals surface area contributed by atoms with Gasteiger partial charge >= 0.3 is 0 Å². The van der Waals surface area contributed by atoms with Crippen molar-refractivity contribution < 1.29 is 18.5 Å². The van der Waals surface area contributed by atoms with Gasteiger partial charge in [-0.25, -0.2) is 4.39 Å². The first kappa shape index (κ1) is 20.6. The number of halogens is 1. The molecule has 1 aliphatic heterocycles. The van der Waals surface area contributed by atoms with Crippen molar-refractivity contribution >= 4 is 28.5 Å². The summed E-state index contributed by atoms with van der Waals surface area (Å²) in [6.07, 6.45) is 2.04. The summed E-state index contributed by atoms with van der Waals surface area (Å²) in [6.45, 7) is 0. The number of anilines is 1. The van der Waals surface area contributed by atoms with Crippen LogP contribution in [0.2, 0.25) is 0 Å². The molecule has 2 atom stereocenters. The second-order valence-corrected chi connectivity index (χ2v) is 8.93. The van der Waals surface area contributed by atoms with Gasteiger partial charge in [0, 0.05) is 35.0 Å². The van der Waals surface area contributed by atoms with Gasteiger partial charge < -0.3 is 14.7 Å². The average molecular weight is 455 g/mol. The van der Waals surface area contributed by atoms with Crippen LogP contribution in [0, 0.1) is 11.7 Å². The summed E-state index contributed by atoms with van der Waals surface area (Å²) in [5.41, 5.74) is 3.52. The lowest BCUT2D eigenvalue weighted by Crippen LogP contribution is -2.40. The van der Waals surface area contributed by atoms with E-state index in [0.717, 1.165) is 29.4 Å². The van der Waals surface area contributed by atoms with Crippen molar-refractivity contribution in [3.05, 3.63) is 84.2 Å². The SMILES string of the molecule is O=C(NC1CC(=O)N(c2ccc3c(-c4ccc(F)cc4)noc3c2)C1c1ccccc1)C1CC1. The number of fused-ring (bicyclic) bond motifs is 1. The van der Waals surface area contributed by atoms with Crippen molar-refractivity contribution in [2.24, 2.45) is 5.92 Å². The van der Waals surface area contributed by atoms with Gasteiger partial charge in [-0.05, 0) is 54.8 Å². The Bertz CT molecular complexity index is 1380. The summed E-state index contributed by atoms with van der Waals surface area (Å²) < 4.78 is 18.9. The van der Waals surface area contributed by atoms with Crippen LogP contribution >= 0.6 is 0 Å². The van der Waals surface area contributed by atoms with Crippen LogP contribution in [0.1, 0.15) is 30.9 Å². The quantitative estimate of drug-likeness (QED) is 0.459. The van der Waals surface area contributed by atoms with Crippen LogP contribution < -0.4 is 10.2 Å². The number of carbonyl (C=O) groups excluding carboxylic acids is 2. The van der Waals surface area contributed by atoms with Gasteiger partial charge in [-0.15, -0.1) is 0 Å². The first-order chi connectivity index (χ1) is 16.6. The number of amides is 2. The fourth-order valence-electron chi connectivity index (χ4n) is 4.74. The average Bonchev–Trinajstić information content (AvgIpc) is 3.55. The van der Waals surface area contributed by atoms with E-state index in [9.17, 15) is 14.0 Å². The van der Waals surface area contributed by atoms with Crippen molar-refractivity contribution in [1.82, 2.24) is 10.5 Å².